The summed E-state index contributed by atoms with van der Waals surface area (Å²) >= 11 is 13.3. The summed E-state index contributed by atoms with van der Waals surface area (Å²) in [5.41, 5.74) is 1.73. The number of hydrogen-bond donors (Lipinski definition) is 0. The van der Waals surface area contributed by atoms with Gasteiger partial charge in [-0.1, -0.05) is 23.2 Å². The Morgan fingerprint density at radius 2 is 1.10 bits per heavy atom. The Morgan fingerprint density at radius 1 is 0.714 bits per heavy atom. The van der Waals surface area contributed by atoms with Gasteiger partial charge in [-0.15, -0.1) is 22.0 Å². The van der Waals surface area contributed by atoms with Crippen molar-refractivity contribution in [3.63, 3.8) is 0 Å². The van der Waals surface area contributed by atoms with Crippen molar-refractivity contribution in [2.75, 3.05) is 0 Å². The largest absolute Gasteiger partial charge is 0.153 e. The zero-order chi connectivity index (χ0) is 15.7. The predicted molar refractivity (Wildman–Crippen MR) is 87.7 cm³/mol. The monoisotopic (exact) mass is 342 g/mol. The van der Waals surface area contributed by atoms with Crippen molar-refractivity contribution >= 4 is 35.0 Å². The molecule has 0 radical (unpaired) electrons. The molecular formula is C14H16Cl2N4S. The van der Waals surface area contributed by atoms with Crippen LogP contribution >= 0.6 is 35.0 Å². The topological polar surface area (TPSA) is 51.6 Å². The van der Waals surface area contributed by atoms with Gasteiger partial charge in [-0.25, -0.2) is 0 Å². The Labute approximate surface area is 138 Å². The van der Waals surface area contributed by atoms with E-state index in [9.17, 15) is 0 Å². The van der Waals surface area contributed by atoms with Crippen LogP contribution in [0, 0.1) is 0 Å². The maximum atomic E-state index is 5.79. The van der Waals surface area contributed by atoms with Gasteiger partial charge in [0.2, 0.25) is 0 Å². The minimum Gasteiger partial charge on any atom is -0.153 e. The van der Waals surface area contributed by atoms with E-state index in [-0.39, 0.29) is 9.49 Å². The highest BCUT2D eigenvalue weighted by Crippen LogP contribution is 2.47. The first-order valence-electron chi connectivity index (χ1n) is 6.40. The fourth-order valence-electron chi connectivity index (χ4n) is 2.02. The highest BCUT2D eigenvalue weighted by molar-refractivity contribution is 8.01. The Balaban J connectivity index is 2.25. The molecule has 4 nitrogen and oxygen atoms in total. The van der Waals surface area contributed by atoms with Crippen LogP contribution in [0.1, 0.15) is 39.1 Å². The van der Waals surface area contributed by atoms with Gasteiger partial charge in [-0.3, -0.25) is 0 Å². The van der Waals surface area contributed by atoms with Gasteiger partial charge in [0.05, 0.1) is 20.9 Å². The van der Waals surface area contributed by atoms with E-state index >= 15 is 0 Å². The second-order valence-electron chi connectivity index (χ2n) is 5.61. The molecular weight excluding hydrogens is 327 g/mol. The lowest BCUT2D eigenvalue weighted by atomic mass is 10.1. The summed E-state index contributed by atoms with van der Waals surface area (Å²) in [6.07, 6.45) is 0. The molecule has 0 aliphatic rings. The van der Waals surface area contributed by atoms with E-state index < -0.39 is 0 Å². The molecule has 0 amide bonds. The number of hydrogen-bond acceptors (Lipinski definition) is 5. The maximum Gasteiger partial charge on any atom is 0.151 e. The quantitative estimate of drug-likeness (QED) is 0.819. The van der Waals surface area contributed by atoms with E-state index in [0.29, 0.717) is 10.3 Å². The molecule has 2 heterocycles. The molecule has 0 saturated carbocycles. The second-order valence-corrected chi connectivity index (χ2v) is 8.63. The lowest BCUT2D eigenvalue weighted by Gasteiger charge is -2.33. The van der Waals surface area contributed by atoms with E-state index in [1.807, 2.05) is 12.1 Å². The molecule has 0 fully saturated rings. The first-order valence-corrected chi connectivity index (χ1v) is 7.97. The molecule has 21 heavy (non-hydrogen) atoms. The summed E-state index contributed by atoms with van der Waals surface area (Å²) in [6, 6.07) is 7.29. The number of thioether (sulfide) groups is 1. The lowest BCUT2D eigenvalue weighted by molar-refractivity contribution is 0.667. The zero-order valence-electron chi connectivity index (χ0n) is 12.3. The summed E-state index contributed by atoms with van der Waals surface area (Å²) in [4.78, 5) is 0. The van der Waals surface area contributed by atoms with Crippen LogP contribution in [0.5, 0.6) is 0 Å². The van der Waals surface area contributed by atoms with Gasteiger partial charge < -0.3 is 0 Å². The SMILES string of the molecule is CC(C)(SC(C)(C)c1ccc(Cl)nn1)c1ccc(Cl)nn1. The summed E-state index contributed by atoms with van der Waals surface area (Å²) in [5, 5.41) is 17.0. The van der Waals surface area contributed by atoms with Gasteiger partial charge in [-0.2, -0.15) is 10.2 Å². The first-order chi connectivity index (χ1) is 9.71. The zero-order valence-corrected chi connectivity index (χ0v) is 14.6. The van der Waals surface area contributed by atoms with Crippen molar-refractivity contribution in [2.45, 2.75) is 37.2 Å². The van der Waals surface area contributed by atoms with Crippen molar-refractivity contribution in [2.24, 2.45) is 0 Å². The van der Waals surface area contributed by atoms with Crippen molar-refractivity contribution in [1.82, 2.24) is 20.4 Å². The maximum absolute atomic E-state index is 5.79. The van der Waals surface area contributed by atoms with Crippen molar-refractivity contribution < 1.29 is 0 Å². The van der Waals surface area contributed by atoms with Gasteiger partial charge in [0.1, 0.15) is 0 Å². The number of halogens is 2. The number of nitrogens with zero attached hydrogens (tertiary/aromatic N) is 4. The molecule has 0 spiro atoms. The highest BCUT2D eigenvalue weighted by Gasteiger charge is 2.34. The summed E-state index contributed by atoms with van der Waals surface area (Å²) in [5.74, 6) is 0. The molecule has 0 N–H and O–H groups in total. The smallest absolute Gasteiger partial charge is 0.151 e. The van der Waals surface area contributed by atoms with Crippen LogP contribution in [0.25, 0.3) is 0 Å². The average molecular weight is 343 g/mol. The number of aromatic nitrogens is 4. The van der Waals surface area contributed by atoms with Gasteiger partial charge >= 0.3 is 0 Å². The summed E-state index contributed by atoms with van der Waals surface area (Å²) in [6.45, 7) is 8.39. The highest BCUT2D eigenvalue weighted by atomic mass is 35.5. The van der Waals surface area contributed by atoms with Gasteiger partial charge in [-0.05, 0) is 52.0 Å². The second kappa shape index (κ2) is 6.07. The summed E-state index contributed by atoms with van der Waals surface area (Å²) in [7, 11) is 0. The molecule has 0 unspecified atom stereocenters. The molecule has 0 aromatic carbocycles. The lowest BCUT2D eigenvalue weighted by Crippen LogP contribution is -2.25. The molecule has 0 saturated heterocycles. The van der Waals surface area contributed by atoms with Gasteiger partial charge in [0.25, 0.3) is 0 Å². The van der Waals surface area contributed by atoms with Crippen LogP contribution in [0.3, 0.4) is 0 Å². The molecule has 0 aliphatic carbocycles. The fourth-order valence-corrected chi connectivity index (χ4v) is 3.92. The molecule has 2 aromatic heterocycles. The van der Waals surface area contributed by atoms with Crippen LogP contribution in [0.15, 0.2) is 24.3 Å². The normalized spacial score (nSPS) is 12.5. The number of rotatable bonds is 4. The van der Waals surface area contributed by atoms with Gasteiger partial charge in [0, 0.05) is 0 Å². The minimum atomic E-state index is -0.248. The fraction of sp³-hybridized carbons (Fsp3) is 0.429. The van der Waals surface area contributed by atoms with Crippen LogP contribution in [-0.4, -0.2) is 20.4 Å². The van der Waals surface area contributed by atoms with Crippen LogP contribution in [0.4, 0.5) is 0 Å². The molecule has 0 aliphatic heterocycles. The van der Waals surface area contributed by atoms with Crippen molar-refractivity contribution in [1.29, 1.82) is 0 Å². The summed E-state index contributed by atoms with van der Waals surface area (Å²) < 4.78 is -0.495. The minimum absolute atomic E-state index is 0.248. The Kier molecular flexibility index (Phi) is 4.76. The standard InChI is InChI=1S/C14H16Cl2N4S/c1-13(2,9-5-7-11(15)19-17-9)21-14(3,4)10-6-8-12(16)20-18-10/h5-8H,1-4H3. The van der Waals surface area contributed by atoms with Crippen LogP contribution in [0.2, 0.25) is 10.3 Å². The Morgan fingerprint density at radius 3 is 1.38 bits per heavy atom. The van der Waals surface area contributed by atoms with E-state index in [1.54, 1.807) is 23.9 Å². The molecule has 112 valence electrons. The molecule has 7 heteroatoms. The third-order valence-corrected chi connectivity index (χ3v) is 4.85. The Hall–Kier alpha value is -0.910. The predicted octanol–water partition coefficient (Wildman–Crippen LogP) is 4.48. The van der Waals surface area contributed by atoms with E-state index in [2.05, 4.69) is 48.1 Å². The van der Waals surface area contributed by atoms with Crippen LogP contribution in [-0.2, 0) is 9.49 Å². The van der Waals surface area contributed by atoms with E-state index in [1.165, 1.54) is 0 Å². The van der Waals surface area contributed by atoms with Crippen molar-refractivity contribution in [3.05, 3.63) is 46.0 Å². The third-order valence-electron chi connectivity index (χ3n) is 3.01. The van der Waals surface area contributed by atoms with Crippen molar-refractivity contribution in [3.8, 4) is 0 Å². The van der Waals surface area contributed by atoms with Gasteiger partial charge in [0.15, 0.2) is 10.3 Å². The molecule has 0 bridgehead atoms. The molecule has 2 rings (SSSR count). The third kappa shape index (κ3) is 4.05. The molecule has 0 atom stereocenters. The van der Waals surface area contributed by atoms with Crippen LogP contribution < -0.4 is 0 Å². The van der Waals surface area contributed by atoms with E-state index in [0.717, 1.165) is 11.4 Å². The average Bonchev–Trinajstić information content (AvgIpc) is 2.38. The molecule has 2 aromatic rings. The first kappa shape index (κ1) is 16.5. The Bertz CT molecular complexity index is 556. The van der Waals surface area contributed by atoms with E-state index in [4.69, 9.17) is 23.2 Å².